The van der Waals surface area contributed by atoms with Crippen molar-refractivity contribution in [2.75, 3.05) is 5.32 Å². The molecular weight excluding hydrogens is 364 g/mol. The number of carbonyl (C=O) groups excluding carboxylic acids is 1. The molecule has 0 unspecified atom stereocenters. The first-order chi connectivity index (χ1) is 12.9. The summed E-state index contributed by atoms with van der Waals surface area (Å²) in [5, 5.41) is 3.11. The van der Waals surface area contributed by atoms with Crippen molar-refractivity contribution in [3.8, 4) is 17.3 Å². The molecule has 1 aromatic carbocycles. The average Bonchev–Trinajstić information content (AvgIpc) is 2.63. The Bertz CT molecular complexity index is 958. The van der Waals surface area contributed by atoms with Gasteiger partial charge in [-0.3, -0.25) is 4.79 Å². The number of hydrogen-bond donors (Lipinski definition) is 1. The first-order valence-corrected chi connectivity index (χ1v) is 8.84. The van der Waals surface area contributed by atoms with Crippen LogP contribution in [0.25, 0.3) is 11.4 Å². The summed E-state index contributed by atoms with van der Waals surface area (Å²) in [6.07, 6.45) is 3.11. The zero-order chi connectivity index (χ0) is 19.4. The Morgan fingerprint density at radius 3 is 2.52 bits per heavy atom. The molecule has 3 aromatic rings. The highest BCUT2D eigenvalue weighted by atomic mass is 35.5. The lowest BCUT2D eigenvalue weighted by Gasteiger charge is -2.11. The third kappa shape index (κ3) is 4.80. The van der Waals surface area contributed by atoms with Gasteiger partial charge in [-0.2, -0.15) is 0 Å². The SMILES string of the molecule is Cc1ccnc(-c2ccc(NC(=O)c3cnc(OC(C)C)c(Cl)c3)cc2)n1. The van der Waals surface area contributed by atoms with E-state index in [1.54, 1.807) is 18.3 Å². The summed E-state index contributed by atoms with van der Waals surface area (Å²) in [6.45, 7) is 5.67. The van der Waals surface area contributed by atoms with Gasteiger partial charge in [0.15, 0.2) is 5.82 Å². The van der Waals surface area contributed by atoms with E-state index in [1.807, 2.05) is 39.0 Å². The van der Waals surface area contributed by atoms with Crippen LogP contribution in [0.5, 0.6) is 5.88 Å². The van der Waals surface area contributed by atoms with Gasteiger partial charge in [-0.05, 0) is 57.2 Å². The summed E-state index contributed by atoms with van der Waals surface area (Å²) < 4.78 is 5.47. The number of hydrogen-bond acceptors (Lipinski definition) is 5. The fraction of sp³-hybridized carbons (Fsp3) is 0.200. The van der Waals surface area contributed by atoms with Gasteiger partial charge in [-0.25, -0.2) is 15.0 Å². The maximum Gasteiger partial charge on any atom is 0.257 e. The second kappa shape index (κ2) is 8.14. The summed E-state index contributed by atoms with van der Waals surface area (Å²) in [4.78, 5) is 25.2. The van der Waals surface area contributed by atoms with E-state index in [1.165, 1.54) is 12.3 Å². The van der Waals surface area contributed by atoms with Gasteiger partial charge in [0.25, 0.3) is 5.91 Å². The molecule has 2 aromatic heterocycles. The molecule has 2 heterocycles. The molecule has 0 aliphatic heterocycles. The molecule has 27 heavy (non-hydrogen) atoms. The highest BCUT2D eigenvalue weighted by Gasteiger charge is 2.12. The molecular formula is C20H19ClN4O2. The van der Waals surface area contributed by atoms with Crippen molar-refractivity contribution in [3.63, 3.8) is 0 Å². The van der Waals surface area contributed by atoms with E-state index >= 15 is 0 Å². The molecule has 0 spiro atoms. The van der Waals surface area contributed by atoms with Gasteiger partial charge < -0.3 is 10.1 Å². The van der Waals surface area contributed by atoms with E-state index in [0.717, 1.165) is 11.3 Å². The molecule has 0 saturated carbocycles. The topological polar surface area (TPSA) is 77.0 Å². The quantitative estimate of drug-likeness (QED) is 0.701. The maximum atomic E-state index is 12.4. The lowest BCUT2D eigenvalue weighted by atomic mass is 10.2. The summed E-state index contributed by atoms with van der Waals surface area (Å²) >= 11 is 6.14. The number of aromatic nitrogens is 3. The summed E-state index contributed by atoms with van der Waals surface area (Å²) in [5.41, 5.74) is 2.76. The monoisotopic (exact) mass is 382 g/mol. The number of amides is 1. The van der Waals surface area contributed by atoms with Crippen molar-refractivity contribution >= 4 is 23.2 Å². The van der Waals surface area contributed by atoms with Crippen LogP contribution < -0.4 is 10.1 Å². The average molecular weight is 383 g/mol. The molecule has 0 atom stereocenters. The highest BCUT2D eigenvalue weighted by molar-refractivity contribution is 6.32. The summed E-state index contributed by atoms with van der Waals surface area (Å²) in [6, 6.07) is 10.7. The number of ether oxygens (including phenoxy) is 1. The number of benzene rings is 1. The first kappa shape index (κ1) is 18.8. The second-order valence-electron chi connectivity index (χ2n) is 6.23. The van der Waals surface area contributed by atoms with Crippen LogP contribution in [0.4, 0.5) is 5.69 Å². The van der Waals surface area contributed by atoms with Gasteiger partial charge in [0.05, 0.1) is 11.7 Å². The molecule has 138 valence electrons. The van der Waals surface area contributed by atoms with E-state index < -0.39 is 0 Å². The van der Waals surface area contributed by atoms with Crippen molar-refractivity contribution in [3.05, 3.63) is 65.1 Å². The fourth-order valence-corrected chi connectivity index (χ4v) is 2.56. The van der Waals surface area contributed by atoms with Crippen LogP contribution in [-0.2, 0) is 0 Å². The Balaban J connectivity index is 1.72. The third-order valence-electron chi connectivity index (χ3n) is 3.61. The van der Waals surface area contributed by atoms with Crippen LogP contribution in [0.3, 0.4) is 0 Å². The number of halogens is 1. The zero-order valence-electron chi connectivity index (χ0n) is 15.2. The number of nitrogens with one attached hydrogen (secondary N) is 1. The largest absolute Gasteiger partial charge is 0.474 e. The minimum absolute atomic E-state index is 0.0504. The minimum atomic E-state index is -0.306. The predicted octanol–water partition coefficient (Wildman–Crippen LogP) is 4.54. The van der Waals surface area contributed by atoms with Crippen molar-refractivity contribution in [2.24, 2.45) is 0 Å². The first-order valence-electron chi connectivity index (χ1n) is 8.46. The standard InChI is InChI=1S/C20H19ClN4O2/c1-12(2)27-20-17(21)10-15(11-23-20)19(26)25-16-6-4-14(5-7-16)18-22-9-8-13(3)24-18/h4-12H,1-3H3,(H,25,26). The van der Waals surface area contributed by atoms with Gasteiger partial charge in [-0.15, -0.1) is 0 Å². The summed E-state index contributed by atoms with van der Waals surface area (Å²) in [7, 11) is 0. The third-order valence-corrected chi connectivity index (χ3v) is 3.88. The normalized spacial score (nSPS) is 10.7. The Morgan fingerprint density at radius 2 is 1.89 bits per heavy atom. The molecule has 0 fully saturated rings. The molecule has 7 heteroatoms. The Morgan fingerprint density at radius 1 is 1.15 bits per heavy atom. The summed E-state index contributed by atoms with van der Waals surface area (Å²) in [5.74, 6) is 0.648. The van der Waals surface area contributed by atoms with E-state index in [-0.39, 0.29) is 12.0 Å². The number of carbonyl (C=O) groups is 1. The number of rotatable bonds is 5. The van der Waals surface area contributed by atoms with Crippen LogP contribution in [0, 0.1) is 6.92 Å². The van der Waals surface area contributed by atoms with Crippen molar-refractivity contribution in [2.45, 2.75) is 26.9 Å². The van der Waals surface area contributed by atoms with E-state index in [4.69, 9.17) is 16.3 Å². The van der Waals surface area contributed by atoms with Crippen LogP contribution in [-0.4, -0.2) is 27.0 Å². The van der Waals surface area contributed by atoms with Crippen LogP contribution in [0.2, 0.25) is 5.02 Å². The molecule has 0 bridgehead atoms. The predicted molar refractivity (Wildman–Crippen MR) is 105 cm³/mol. The molecule has 3 rings (SSSR count). The molecule has 1 amide bonds. The van der Waals surface area contributed by atoms with Gasteiger partial charge >= 0.3 is 0 Å². The van der Waals surface area contributed by atoms with Gasteiger partial charge in [0.1, 0.15) is 5.02 Å². The second-order valence-corrected chi connectivity index (χ2v) is 6.64. The number of aryl methyl sites for hydroxylation is 1. The van der Waals surface area contributed by atoms with E-state index in [0.29, 0.717) is 28.0 Å². The molecule has 0 radical (unpaired) electrons. The van der Waals surface area contributed by atoms with Crippen molar-refractivity contribution in [1.82, 2.24) is 15.0 Å². The Labute approximate surface area is 162 Å². The van der Waals surface area contributed by atoms with Crippen molar-refractivity contribution < 1.29 is 9.53 Å². The maximum absolute atomic E-state index is 12.4. The molecule has 0 aliphatic rings. The lowest BCUT2D eigenvalue weighted by molar-refractivity contribution is 0.102. The Hall–Kier alpha value is -2.99. The van der Waals surface area contributed by atoms with Crippen LogP contribution >= 0.6 is 11.6 Å². The smallest absolute Gasteiger partial charge is 0.257 e. The van der Waals surface area contributed by atoms with Crippen LogP contribution in [0.15, 0.2) is 48.8 Å². The molecule has 0 saturated heterocycles. The highest BCUT2D eigenvalue weighted by Crippen LogP contribution is 2.24. The molecule has 0 aliphatic carbocycles. The zero-order valence-corrected chi connectivity index (χ0v) is 16.0. The van der Waals surface area contributed by atoms with Gasteiger partial charge in [0, 0.05) is 29.3 Å². The van der Waals surface area contributed by atoms with Crippen molar-refractivity contribution in [1.29, 1.82) is 0 Å². The van der Waals surface area contributed by atoms with Gasteiger partial charge in [-0.1, -0.05) is 11.6 Å². The van der Waals surface area contributed by atoms with E-state index in [2.05, 4.69) is 20.3 Å². The number of anilines is 1. The van der Waals surface area contributed by atoms with Gasteiger partial charge in [0.2, 0.25) is 5.88 Å². The minimum Gasteiger partial charge on any atom is -0.474 e. The lowest BCUT2D eigenvalue weighted by Crippen LogP contribution is -2.13. The fourth-order valence-electron chi connectivity index (χ4n) is 2.35. The van der Waals surface area contributed by atoms with E-state index in [9.17, 15) is 4.79 Å². The Kier molecular flexibility index (Phi) is 5.66. The number of nitrogens with zero attached hydrogens (tertiary/aromatic N) is 3. The molecule has 6 nitrogen and oxygen atoms in total. The molecule has 1 N–H and O–H groups in total. The van der Waals surface area contributed by atoms with Crippen LogP contribution in [0.1, 0.15) is 29.9 Å². The number of pyridine rings is 1.